The van der Waals surface area contributed by atoms with E-state index >= 15 is 0 Å². The van der Waals surface area contributed by atoms with Crippen LogP contribution in [-0.2, 0) is 0 Å². The lowest BCUT2D eigenvalue weighted by molar-refractivity contribution is 0.346. The van der Waals surface area contributed by atoms with Crippen molar-refractivity contribution >= 4 is 22.5 Å². The van der Waals surface area contributed by atoms with Crippen LogP contribution in [0.25, 0.3) is 27.7 Å². The molecular weight excluding hydrogens is 367 g/mol. The lowest BCUT2D eigenvalue weighted by Crippen LogP contribution is -2.04. The van der Waals surface area contributed by atoms with E-state index in [0.29, 0.717) is 5.52 Å². The van der Waals surface area contributed by atoms with Crippen LogP contribution in [-0.4, -0.2) is 24.1 Å². The Morgan fingerprint density at radius 1 is 1.21 bits per heavy atom. The first-order valence-corrected chi connectivity index (χ1v) is 10.1. The number of imidazole rings is 1. The van der Waals surface area contributed by atoms with Crippen LogP contribution >= 0.6 is 0 Å². The van der Waals surface area contributed by atoms with E-state index in [0.717, 1.165) is 33.9 Å². The van der Waals surface area contributed by atoms with Crippen LogP contribution in [0.5, 0.6) is 0 Å². The van der Waals surface area contributed by atoms with Gasteiger partial charge in [0.2, 0.25) is 5.95 Å². The zero-order chi connectivity index (χ0) is 20.7. The van der Waals surface area contributed by atoms with Gasteiger partial charge in [0.1, 0.15) is 11.3 Å². The van der Waals surface area contributed by atoms with Crippen molar-refractivity contribution in [1.29, 1.82) is 0 Å². The summed E-state index contributed by atoms with van der Waals surface area (Å²) in [5.74, 6) is 1.73. The number of aryl methyl sites for hydroxylation is 1. The Hall–Kier alpha value is -2.96. The van der Waals surface area contributed by atoms with Crippen molar-refractivity contribution in [2.45, 2.75) is 53.0 Å². The third kappa shape index (κ3) is 3.57. The Kier molecular flexibility index (Phi) is 4.98. The highest BCUT2D eigenvalue weighted by molar-refractivity contribution is 5.88. The van der Waals surface area contributed by atoms with Crippen molar-refractivity contribution in [2.24, 2.45) is 5.92 Å². The maximum atomic E-state index is 14.6. The Labute approximate surface area is 169 Å². The van der Waals surface area contributed by atoms with Crippen LogP contribution in [0, 0.1) is 18.7 Å². The molecular formula is C22H27FN6. The maximum absolute atomic E-state index is 14.6. The summed E-state index contributed by atoms with van der Waals surface area (Å²) in [4.78, 5) is 8.41. The highest BCUT2D eigenvalue weighted by Gasteiger charge is 2.17. The molecule has 0 unspecified atom stereocenters. The standard InChI is InChI=1S/C17H17FN6.C5H10/c1-9(2)24-10(3)21-16-13(18)6-11(7-14(16)24)12-4-5-23-15(12)8-20-17(19)22-23;1-5-3-2-4-5/h4-9H,1-3H3,(H2,19,22);5H,2-4H2,1H3. The van der Waals surface area contributed by atoms with Gasteiger partial charge in [-0.3, -0.25) is 0 Å². The van der Waals surface area contributed by atoms with Crippen LogP contribution in [0.15, 0.2) is 30.6 Å². The fraction of sp³-hybridized carbons (Fsp3) is 0.409. The van der Waals surface area contributed by atoms with Gasteiger partial charge in [-0.1, -0.05) is 26.2 Å². The van der Waals surface area contributed by atoms with Crippen molar-refractivity contribution < 1.29 is 4.39 Å². The van der Waals surface area contributed by atoms with E-state index in [1.807, 2.05) is 23.6 Å². The lowest BCUT2D eigenvalue weighted by Gasteiger charge is -2.18. The number of nitrogen functional groups attached to an aromatic ring is 1. The van der Waals surface area contributed by atoms with Crippen molar-refractivity contribution in [3.8, 4) is 11.1 Å². The molecule has 152 valence electrons. The van der Waals surface area contributed by atoms with E-state index in [1.54, 1.807) is 16.9 Å². The summed E-state index contributed by atoms with van der Waals surface area (Å²) in [5.41, 5.74) is 9.18. The quantitative estimate of drug-likeness (QED) is 0.509. The molecule has 1 aromatic carbocycles. The molecule has 1 aliphatic rings. The van der Waals surface area contributed by atoms with Gasteiger partial charge in [0.15, 0.2) is 5.82 Å². The van der Waals surface area contributed by atoms with Gasteiger partial charge in [-0.15, -0.1) is 5.10 Å². The van der Waals surface area contributed by atoms with Crippen LogP contribution in [0.2, 0.25) is 0 Å². The van der Waals surface area contributed by atoms with E-state index in [4.69, 9.17) is 5.73 Å². The van der Waals surface area contributed by atoms with Gasteiger partial charge in [-0.05, 0) is 50.5 Å². The lowest BCUT2D eigenvalue weighted by atomic mass is 9.88. The summed E-state index contributed by atoms with van der Waals surface area (Å²) in [6, 6.07) is 5.54. The maximum Gasteiger partial charge on any atom is 0.238 e. The Balaban J connectivity index is 0.000000359. The molecule has 0 amide bonds. The largest absolute Gasteiger partial charge is 0.367 e. The molecule has 3 aromatic heterocycles. The molecule has 0 atom stereocenters. The number of anilines is 1. The predicted octanol–water partition coefficient (Wildman–Crippen LogP) is 5.16. The highest BCUT2D eigenvalue weighted by Crippen LogP contribution is 2.31. The monoisotopic (exact) mass is 394 g/mol. The average Bonchev–Trinajstić information content (AvgIpc) is 3.20. The second-order valence-corrected chi connectivity index (χ2v) is 8.16. The number of hydrogen-bond acceptors (Lipinski definition) is 4. The first-order chi connectivity index (χ1) is 13.8. The SMILES string of the molecule is CC1CCC1.Cc1nc2c(F)cc(-c3ccn4nc(N)ncc34)cc2n1C(C)C. The molecule has 3 heterocycles. The summed E-state index contributed by atoms with van der Waals surface area (Å²) in [6.45, 7) is 8.32. The number of hydrogen-bond donors (Lipinski definition) is 1. The molecule has 1 saturated carbocycles. The molecule has 0 radical (unpaired) electrons. The first-order valence-electron chi connectivity index (χ1n) is 10.1. The molecule has 4 aromatic rings. The fourth-order valence-corrected chi connectivity index (χ4v) is 3.85. The van der Waals surface area contributed by atoms with E-state index in [9.17, 15) is 4.39 Å². The van der Waals surface area contributed by atoms with Crippen LogP contribution in [0.4, 0.5) is 10.3 Å². The second kappa shape index (κ2) is 7.46. The number of rotatable bonds is 2. The molecule has 1 fully saturated rings. The number of benzene rings is 1. The number of nitrogens with zero attached hydrogens (tertiary/aromatic N) is 5. The van der Waals surface area contributed by atoms with Crippen LogP contribution in [0.1, 0.15) is 51.9 Å². The second-order valence-electron chi connectivity index (χ2n) is 8.16. The van der Waals surface area contributed by atoms with Gasteiger partial charge >= 0.3 is 0 Å². The van der Waals surface area contributed by atoms with Gasteiger partial charge in [0.05, 0.1) is 17.2 Å². The predicted molar refractivity (Wildman–Crippen MR) is 114 cm³/mol. The minimum Gasteiger partial charge on any atom is -0.367 e. The summed E-state index contributed by atoms with van der Waals surface area (Å²) >= 11 is 0. The van der Waals surface area contributed by atoms with Crippen molar-refractivity contribution in [2.75, 3.05) is 5.73 Å². The summed E-state index contributed by atoms with van der Waals surface area (Å²) < 4.78 is 18.3. The van der Waals surface area contributed by atoms with Gasteiger partial charge in [-0.25, -0.2) is 18.9 Å². The zero-order valence-corrected chi connectivity index (χ0v) is 17.4. The molecule has 0 saturated heterocycles. The third-order valence-corrected chi connectivity index (χ3v) is 5.58. The number of halogens is 1. The molecule has 0 spiro atoms. The molecule has 29 heavy (non-hydrogen) atoms. The van der Waals surface area contributed by atoms with Crippen molar-refractivity contribution in [3.05, 3.63) is 42.2 Å². The van der Waals surface area contributed by atoms with Crippen molar-refractivity contribution in [1.82, 2.24) is 24.1 Å². The number of aromatic nitrogens is 5. The van der Waals surface area contributed by atoms with Gasteiger partial charge < -0.3 is 10.3 Å². The van der Waals surface area contributed by atoms with Crippen molar-refractivity contribution in [3.63, 3.8) is 0 Å². The van der Waals surface area contributed by atoms with Gasteiger partial charge in [-0.2, -0.15) is 0 Å². The average molecular weight is 394 g/mol. The normalized spacial score (nSPS) is 14.3. The topological polar surface area (TPSA) is 74.0 Å². The summed E-state index contributed by atoms with van der Waals surface area (Å²) in [7, 11) is 0. The molecule has 6 nitrogen and oxygen atoms in total. The zero-order valence-electron chi connectivity index (χ0n) is 17.4. The first kappa shape index (κ1) is 19.4. The minimum atomic E-state index is -0.333. The smallest absolute Gasteiger partial charge is 0.238 e. The molecule has 0 aliphatic heterocycles. The van der Waals surface area contributed by atoms with Crippen LogP contribution in [0.3, 0.4) is 0 Å². The van der Waals surface area contributed by atoms with E-state index < -0.39 is 0 Å². The molecule has 1 aliphatic carbocycles. The van der Waals surface area contributed by atoms with E-state index in [1.165, 1.54) is 25.3 Å². The Morgan fingerprint density at radius 2 is 1.93 bits per heavy atom. The fourth-order valence-electron chi connectivity index (χ4n) is 3.85. The molecule has 5 rings (SSSR count). The minimum absolute atomic E-state index is 0.193. The summed E-state index contributed by atoms with van der Waals surface area (Å²) in [6.07, 6.45) is 7.89. The number of nitrogens with two attached hydrogens (primary N) is 1. The third-order valence-electron chi connectivity index (χ3n) is 5.58. The summed E-state index contributed by atoms with van der Waals surface area (Å²) in [5, 5.41) is 4.13. The highest BCUT2D eigenvalue weighted by atomic mass is 19.1. The Morgan fingerprint density at radius 3 is 2.55 bits per heavy atom. The van der Waals surface area contributed by atoms with Crippen LogP contribution < -0.4 is 5.73 Å². The number of fused-ring (bicyclic) bond motifs is 2. The molecule has 0 bridgehead atoms. The molecule has 2 N–H and O–H groups in total. The van der Waals surface area contributed by atoms with Gasteiger partial charge in [0, 0.05) is 17.8 Å². The van der Waals surface area contributed by atoms with E-state index in [2.05, 4.69) is 35.8 Å². The van der Waals surface area contributed by atoms with Gasteiger partial charge in [0.25, 0.3) is 0 Å². The Bertz CT molecular complexity index is 1170. The van der Waals surface area contributed by atoms with E-state index in [-0.39, 0.29) is 17.8 Å². The molecule has 7 heteroatoms.